The van der Waals surface area contributed by atoms with Crippen molar-refractivity contribution in [3.05, 3.63) is 47.5 Å². The Balaban J connectivity index is 2.84. The van der Waals surface area contributed by atoms with Crippen molar-refractivity contribution in [2.45, 2.75) is 6.54 Å². The molecule has 1 aromatic carbocycles. The van der Waals surface area contributed by atoms with E-state index < -0.39 is 23.5 Å². The molecule has 2 N–H and O–H groups in total. The van der Waals surface area contributed by atoms with Crippen molar-refractivity contribution < 1.29 is 28.9 Å². The van der Waals surface area contributed by atoms with Gasteiger partial charge in [-0.15, -0.1) is 0 Å². The number of amides is 1. The van der Waals surface area contributed by atoms with E-state index in [9.17, 15) is 14.0 Å². The number of nitrogens with zero attached hydrogens (tertiary/aromatic N) is 1. The molecule has 0 unspecified atom stereocenters. The summed E-state index contributed by atoms with van der Waals surface area (Å²) in [5.74, 6) is -3.69. The van der Waals surface area contributed by atoms with Crippen molar-refractivity contribution in [2.24, 2.45) is 0 Å². The van der Waals surface area contributed by atoms with Gasteiger partial charge in [-0.05, 0) is 17.7 Å². The van der Waals surface area contributed by atoms with E-state index in [2.05, 4.69) is 0 Å². The molecule has 1 aromatic rings. The smallest absolute Gasteiger partial charge is 0.371 e. The molecule has 0 atom stereocenters. The molecule has 0 saturated carbocycles. The molecule has 7 heteroatoms. The highest BCUT2D eigenvalue weighted by Gasteiger charge is 2.15. The van der Waals surface area contributed by atoms with Gasteiger partial charge in [0.2, 0.25) is 5.76 Å². The second-order valence-electron chi connectivity index (χ2n) is 4.21. The van der Waals surface area contributed by atoms with E-state index in [0.717, 1.165) is 0 Å². The molecule has 0 aliphatic rings. The minimum absolute atomic E-state index is 0.145. The summed E-state index contributed by atoms with van der Waals surface area (Å²) in [4.78, 5) is 23.7. The average Bonchev–Trinajstić information content (AvgIpc) is 2.45. The van der Waals surface area contributed by atoms with E-state index in [4.69, 9.17) is 14.9 Å². The van der Waals surface area contributed by atoms with E-state index in [0.29, 0.717) is 11.6 Å². The zero-order valence-corrected chi connectivity index (χ0v) is 11.5. The van der Waals surface area contributed by atoms with Crippen LogP contribution in [-0.2, 0) is 20.9 Å². The van der Waals surface area contributed by atoms with Crippen molar-refractivity contribution in [3.8, 4) is 0 Å². The highest BCUT2D eigenvalue weighted by Crippen LogP contribution is 2.08. The van der Waals surface area contributed by atoms with Crippen LogP contribution in [0, 0.1) is 5.82 Å². The first-order valence-electron chi connectivity index (χ1n) is 6.10. The normalized spacial score (nSPS) is 11.2. The summed E-state index contributed by atoms with van der Waals surface area (Å²) in [5, 5.41) is 17.7. The van der Waals surface area contributed by atoms with Crippen molar-refractivity contribution in [1.82, 2.24) is 4.90 Å². The molecule has 0 radical (unpaired) electrons. The number of benzene rings is 1. The first-order valence-corrected chi connectivity index (χ1v) is 6.10. The van der Waals surface area contributed by atoms with Crippen LogP contribution in [0.15, 0.2) is 36.1 Å². The van der Waals surface area contributed by atoms with Gasteiger partial charge in [-0.2, -0.15) is 0 Å². The molecular weight excluding hydrogens is 281 g/mol. The van der Waals surface area contributed by atoms with Gasteiger partial charge in [0.05, 0.1) is 12.7 Å². The van der Waals surface area contributed by atoms with Gasteiger partial charge >= 0.3 is 5.97 Å². The first kappa shape index (κ1) is 16.6. The second kappa shape index (κ2) is 8.01. The van der Waals surface area contributed by atoms with E-state index in [1.54, 1.807) is 0 Å². The van der Waals surface area contributed by atoms with Crippen LogP contribution >= 0.6 is 0 Å². The molecule has 0 fully saturated rings. The minimum atomic E-state index is -1.59. The van der Waals surface area contributed by atoms with Gasteiger partial charge in [0.1, 0.15) is 5.82 Å². The molecule has 1 amide bonds. The Hall–Kier alpha value is -2.41. The monoisotopic (exact) mass is 297 g/mol. The molecular formula is C14H16FNO5. The molecule has 21 heavy (non-hydrogen) atoms. The van der Waals surface area contributed by atoms with Crippen LogP contribution in [0.4, 0.5) is 4.39 Å². The number of carboxylic acids is 1. The summed E-state index contributed by atoms with van der Waals surface area (Å²) in [6, 6.07) is 5.56. The minimum Gasteiger partial charge on any atom is -0.502 e. The third-order valence-electron chi connectivity index (χ3n) is 2.64. The number of carboxylic acid groups (broad SMARTS) is 1. The fraction of sp³-hybridized carbons (Fsp3) is 0.286. The number of rotatable bonds is 7. The zero-order valence-electron chi connectivity index (χ0n) is 11.5. The van der Waals surface area contributed by atoms with Crippen LogP contribution < -0.4 is 0 Å². The molecule has 0 saturated heterocycles. The highest BCUT2D eigenvalue weighted by atomic mass is 19.1. The molecule has 0 spiro atoms. The SMILES string of the molecule is COCCN(Cc1ccc(F)cc1)C(=O)/C=C(\O)C(=O)O. The lowest BCUT2D eigenvalue weighted by atomic mass is 10.2. The van der Waals surface area contributed by atoms with Gasteiger partial charge in [0, 0.05) is 20.2 Å². The molecule has 1 rings (SSSR count). The van der Waals surface area contributed by atoms with E-state index in [1.165, 1.54) is 36.3 Å². The lowest BCUT2D eigenvalue weighted by Crippen LogP contribution is -2.32. The number of ether oxygens (including phenoxy) is 1. The number of aliphatic hydroxyl groups is 1. The first-order chi connectivity index (χ1) is 9.93. The van der Waals surface area contributed by atoms with Crippen LogP contribution in [0.25, 0.3) is 0 Å². The second-order valence-corrected chi connectivity index (χ2v) is 4.21. The lowest BCUT2D eigenvalue weighted by Gasteiger charge is -2.21. The van der Waals surface area contributed by atoms with Gasteiger partial charge in [-0.3, -0.25) is 4.79 Å². The number of hydrogen-bond donors (Lipinski definition) is 2. The van der Waals surface area contributed by atoms with Crippen molar-refractivity contribution in [3.63, 3.8) is 0 Å². The number of hydrogen-bond acceptors (Lipinski definition) is 4. The highest BCUT2D eigenvalue weighted by molar-refractivity contribution is 5.96. The Kier molecular flexibility index (Phi) is 6.35. The summed E-state index contributed by atoms with van der Waals surface area (Å²) in [6.45, 7) is 0.594. The largest absolute Gasteiger partial charge is 0.502 e. The van der Waals surface area contributed by atoms with E-state index in [-0.39, 0.29) is 19.7 Å². The van der Waals surface area contributed by atoms with Crippen LogP contribution in [0.1, 0.15) is 5.56 Å². The number of carbonyl (C=O) groups excluding carboxylic acids is 1. The Bertz CT molecular complexity index is 527. The number of aliphatic carboxylic acids is 1. The van der Waals surface area contributed by atoms with Gasteiger partial charge in [0.15, 0.2) is 0 Å². The van der Waals surface area contributed by atoms with Crippen LogP contribution in [0.3, 0.4) is 0 Å². The maximum atomic E-state index is 12.8. The van der Waals surface area contributed by atoms with E-state index >= 15 is 0 Å². The van der Waals surface area contributed by atoms with Gasteiger partial charge in [-0.1, -0.05) is 12.1 Å². The predicted octanol–water partition coefficient (Wildman–Crippen LogP) is 1.33. The zero-order chi connectivity index (χ0) is 15.8. The fourth-order valence-electron chi connectivity index (χ4n) is 1.55. The summed E-state index contributed by atoms with van der Waals surface area (Å²) in [6.07, 6.45) is 0.627. The maximum absolute atomic E-state index is 12.8. The number of aliphatic hydroxyl groups excluding tert-OH is 1. The topological polar surface area (TPSA) is 87.1 Å². The lowest BCUT2D eigenvalue weighted by molar-refractivity contribution is -0.136. The standard InChI is InChI=1S/C14H16FNO5/c1-21-7-6-16(13(18)8-12(17)14(19)20)9-10-2-4-11(15)5-3-10/h2-5,8,17H,6-7,9H2,1H3,(H,19,20)/b12-8-. The number of methoxy groups -OCH3 is 1. The molecule has 0 bridgehead atoms. The summed E-state index contributed by atoms with van der Waals surface area (Å²) >= 11 is 0. The van der Waals surface area contributed by atoms with Crippen LogP contribution in [0.2, 0.25) is 0 Å². The summed E-state index contributed by atoms with van der Waals surface area (Å²) in [5.41, 5.74) is 0.670. The third kappa shape index (κ3) is 5.62. The van der Waals surface area contributed by atoms with Gasteiger partial charge in [-0.25, -0.2) is 9.18 Å². The van der Waals surface area contributed by atoms with Crippen LogP contribution in [-0.4, -0.2) is 47.3 Å². The molecule has 0 heterocycles. The Morgan fingerprint density at radius 1 is 1.29 bits per heavy atom. The van der Waals surface area contributed by atoms with Crippen molar-refractivity contribution in [1.29, 1.82) is 0 Å². The predicted molar refractivity (Wildman–Crippen MR) is 72.0 cm³/mol. The van der Waals surface area contributed by atoms with Gasteiger partial charge in [0.25, 0.3) is 5.91 Å². The Labute approximate surface area is 121 Å². The van der Waals surface area contributed by atoms with Crippen LogP contribution in [0.5, 0.6) is 0 Å². The summed E-state index contributed by atoms with van der Waals surface area (Å²) in [7, 11) is 1.46. The molecule has 0 aliphatic carbocycles. The average molecular weight is 297 g/mol. The quantitative estimate of drug-likeness (QED) is 0.585. The van der Waals surface area contributed by atoms with Crippen molar-refractivity contribution in [2.75, 3.05) is 20.3 Å². The molecule has 0 aliphatic heterocycles. The fourth-order valence-corrected chi connectivity index (χ4v) is 1.55. The number of halogens is 1. The summed E-state index contributed by atoms with van der Waals surface area (Å²) < 4.78 is 17.7. The Morgan fingerprint density at radius 2 is 1.90 bits per heavy atom. The van der Waals surface area contributed by atoms with Crippen molar-refractivity contribution >= 4 is 11.9 Å². The molecule has 6 nitrogen and oxygen atoms in total. The maximum Gasteiger partial charge on any atom is 0.371 e. The van der Waals surface area contributed by atoms with E-state index in [1.807, 2.05) is 0 Å². The molecule has 114 valence electrons. The third-order valence-corrected chi connectivity index (χ3v) is 2.64. The molecule has 0 aromatic heterocycles. The Morgan fingerprint density at radius 3 is 2.43 bits per heavy atom. The number of carbonyl (C=O) groups is 2. The van der Waals surface area contributed by atoms with Gasteiger partial charge < -0.3 is 19.8 Å².